The second-order valence-electron chi connectivity index (χ2n) is 7.87. The van der Waals surface area contributed by atoms with Gasteiger partial charge in [-0.1, -0.05) is 0 Å². The molecule has 9 heteroatoms. The minimum absolute atomic E-state index is 0.131. The zero-order valence-corrected chi connectivity index (χ0v) is 18.4. The van der Waals surface area contributed by atoms with E-state index in [1.807, 2.05) is 42.3 Å². The van der Waals surface area contributed by atoms with Gasteiger partial charge in [-0.15, -0.1) is 0 Å². The van der Waals surface area contributed by atoms with E-state index in [1.165, 1.54) is 7.11 Å². The lowest BCUT2D eigenvalue weighted by Crippen LogP contribution is -2.34. The van der Waals surface area contributed by atoms with Crippen LogP contribution in [0, 0.1) is 6.92 Å². The van der Waals surface area contributed by atoms with Crippen LogP contribution in [0.4, 0.5) is 14.5 Å². The average Bonchev–Trinajstić information content (AvgIpc) is 3.44. The van der Waals surface area contributed by atoms with Crippen molar-refractivity contribution in [3.8, 4) is 11.4 Å². The number of halogens is 2. The van der Waals surface area contributed by atoms with Gasteiger partial charge in [0.1, 0.15) is 11.9 Å². The highest BCUT2D eigenvalue weighted by molar-refractivity contribution is 5.89. The Labute approximate surface area is 190 Å². The molecular formula is C24H25F2N3O4. The highest BCUT2D eigenvalue weighted by Gasteiger charge is 2.34. The molecule has 0 bridgehead atoms. The zero-order valence-electron chi connectivity index (χ0n) is 18.4. The van der Waals surface area contributed by atoms with E-state index in [2.05, 4.69) is 9.84 Å². The number of ether oxygens (including phenoxy) is 3. The Morgan fingerprint density at radius 2 is 1.82 bits per heavy atom. The minimum Gasteiger partial charge on any atom is -0.489 e. The third-order valence-corrected chi connectivity index (χ3v) is 5.53. The molecule has 2 heterocycles. The fourth-order valence-electron chi connectivity index (χ4n) is 3.95. The van der Waals surface area contributed by atoms with E-state index in [9.17, 15) is 13.6 Å². The largest absolute Gasteiger partial charge is 0.489 e. The summed E-state index contributed by atoms with van der Waals surface area (Å²) >= 11 is 0. The fourth-order valence-corrected chi connectivity index (χ4v) is 3.95. The second kappa shape index (κ2) is 9.99. The van der Waals surface area contributed by atoms with Gasteiger partial charge in [-0.25, -0.2) is 9.48 Å². The number of benzene rings is 2. The van der Waals surface area contributed by atoms with Gasteiger partial charge < -0.3 is 19.1 Å². The minimum atomic E-state index is -2.84. The summed E-state index contributed by atoms with van der Waals surface area (Å²) in [6, 6.07) is 14.1. The molecule has 1 fully saturated rings. The van der Waals surface area contributed by atoms with E-state index < -0.39 is 12.6 Å². The van der Waals surface area contributed by atoms with E-state index in [0.717, 1.165) is 16.9 Å². The number of hydrogen-bond donors (Lipinski definition) is 0. The monoisotopic (exact) mass is 457 g/mol. The molecule has 0 spiro atoms. The van der Waals surface area contributed by atoms with E-state index in [-0.39, 0.29) is 18.8 Å². The molecule has 0 aliphatic carbocycles. The van der Waals surface area contributed by atoms with Crippen LogP contribution < -0.4 is 9.64 Å². The van der Waals surface area contributed by atoms with Crippen molar-refractivity contribution in [2.45, 2.75) is 32.1 Å². The molecule has 0 unspecified atom stereocenters. The number of anilines is 1. The van der Waals surface area contributed by atoms with Crippen LogP contribution in [-0.4, -0.2) is 54.8 Å². The average molecular weight is 457 g/mol. The first-order valence-electron chi connectivity index (χ1n) is 10.6. The van der Waals surface area contributed by atoms with E-state index >= 15 is 0 Å². The van der Waals surface area contributed by atoms with Gasteiger partial charge in [-0.05, 0) is 61.0 Å². The molecule has 0 saturated carbocycles. The van der Waals surface area contributed by atoms with E-state index in [0.29, 0.717) is 24.3 Å². The van der Waals surface area contributed by atoms with Gasteiger partial charge in [0, 0.05) is 18.3 Å². The normalized spacial score (nSPS) is 18.0. The van der Waals surface area contributed by atoms with Crippen molar-refractivity contribution in [1.29, 1.82) is 0 Å². The SMILES string of the molecule is COC(=O)c1ccc(N2C[C@@H](Oc3ccc(-n4cc(C)cn4)cc3)C[C@H]2COC(F)F)cc1. The molecule has 2 aromatic carbocycles. The maximum atomic E-state index is 12.7. The standard InChI is InChI=1S/C24H25F2N3O4/c1-16-12-27-29(13-16)19-7-9-21(10-8-19)33-22-11-20(15-32-24(25)26)28(14-22)18-5-3-17(4-6-18)23(30)31-2/h3-10,12-13,20,22,24H,11,14-15H2,1-2H3/t20-,22-/m0/s1. The second-order valence-corrected chi connectivity index (χ2v) is 7.87. The summed E-state index contributed by atoms with van der Waals surface area (Å²) in [4.78, 5) is 13.7. The number of carbonyl (C=O) groups excluding carboxylic acids is 1. The molecule has 33 heavy (non-hydrogen) atoms. The van der Waals surface area contributed by atoms with Gasteiger partial charge in [0.15, 0.2) is 0 Å². The van der Waals surface area contributed by atoms with Crippen LogP contribution in [-0.2, 0) is 9.47 Å². The summed E-state index contributed by atoms with van der Waals surface area (Å²) in [6.45, 7) is -0.501. The molecule has 1 saturated heterocycles. The summed E-state index contributed by atoms with van der Waals surface area (Å²) in [5, 5.41) is 4.29. The Kier molecular flexibility index (Phi) is 6.88. The lowest BCUT2D eigenvalue weighted by atomic mass is 10.1. The highest BCUT2D eigenvalue weighted by Crippen LogP contribution is 2.30. The molecule has 0 radical (unpaired) electrons. The summed E-state index contributed by atoms with van der Waals surface area (Å²) in [5.74, 6) is 0.250. The zero-order chi connectivity index (χ0) is 23.4. The van der Waals surface area contributed by atoms with Crippen LogP contribution in [0.1, 0.15) is 22.3 Å². The maximum Gasteiger partial charge on any atom is 0.345 e. The van der Waals surface area contributed by atoms with Crippen LogP contribution in [0.3, 0.4) is 0 Å². The van der Waals surface area contributed by atoms with Crippen LogP contribution in [0.2, 0.25) is 0 Å². The highest BCUT2D eigenvalue weighted by atomic mass is 19.3. The molecule has 1 aliphatic rings. The molecule has 0 amide bonds. The fraction of sp³-hybridized carbons (Fsp3) is 0.333. The number of aromatic nitrogens is 2. The lowest BCUT2D eigenvalue weighted by Gasteiger charge is -2.26. The molecule has 2 atom stereocenters. The predicted molar refractivity (Wildman–Crippen MR) is 118 cm³/mol. The molecule has 0 N–H and O–H groups in total. The molecule has 1 aliphatic heterocycles. The van der Waals surface area contributed by atoms with Crippen molar-refractivity contribution in [2.75, 3.05) is 25.2 Å². The van der Waals surface area contributed by atoms with Crippen molar-refractivity contribution in [2.24, 2.45) is 0 Å². The Balaban J connectivity index is 1.46. The molecule has 3 aromatic rings. The van der Waals surface area contributed by atoms with Crippen molar-refractivity contribution < 1.29 is 27.8 Å². The summed E-state index contributed by atoms with van der Waals surface area (Å²) in [5.41, 5.74) is 3.19. The Bertz CT molecular complexity index is 1070. The van der Waals surface area contributed by atoms with Gasteiger partial charge in [0.25, 0.3) is 0 Å². The molecule has 174 valence electrons. The van der Waals surface area contributed by atoms with Gasteiger partial charge >= 0.3 is 12.6 Å². The number of methoxy groups -OCH3 is 1. The quantitative estimate of drug-likeness (QED) is 0.472. The third kappa shape index (κ3) is 5.48. The van der Waals surface area contributed by atoms with Crippen molar-refractivity contribution in [1.82, 2.24) is 9.78 Å². The van der Waals surface area contributed by atoms with Crippen LogP contribution in [0.25, 0.3) is 5.69 Å². The van der Waals surface area contributed by atoms with E-state index in [4.69, 9.17) is 9.47 Å². The summed E-state index contributed by atoms with van der Waals surface area (Å²) < 4.78 is 42.7. The number of nitrogens with zero attached hydrogens (tertiary/aromatic N) is 3. The van der Waals surface area contributed by atoms with Crippen LogP contribution in [0.15, 0.2) is 60.9 Å². The van der Waals surface area contributed by atoms with Gasteiger partial charge in [0.05, 0.1) is 43.8 Å². The summed E-state index contributed by atoms with van der Waals surface area (Å²) in [7, 11) is 1.32. The first kappa shape index (κ1) is 22.7. The smallest absolute Gasteiger partial charge is 0.345 e. The maximum absolute atomic E-state index is 12.7. The number of carbonyl (C=O) groups is 1. The Morgan fingerprint density at radius 3 is 2.42 bits per heavy atom. The number of hydrogen-bond acceptors (Lipinski definition) is 6. The molecule has 4 rings (SSSR count). The number of alkyl halides is 2. The Hall–Kier alpha value is -3.46. The third-order valence-electron chi connectivity index (χ3n) is 5.53. The van der Waals surface area contributed by atoms with Gasteiger partial charge in [0.2, 0.25) is 0 Å². The first-order chi connectivity index (χ1) is 15.9. The van der Waals surface area contributed by atoms with Crippen molar-refractivity contribution >= 4 is 11.7 Å². The van der Waals surface area contributed by atoms with Gasteiger partial charge in [-0.3, -0.25) is 0 Å². The van der Waals surface area contributed by atoms with Crippen LogP contribution in [0.5, 0.6) is 5.75 Å². The number of rotatable bonds is 8. The predicted octanol–water partition coefficient (Wildman–Crippen LogP) is 4.23. The molecule has 7 nitrogen and oxygen atoms in total. The molecular weight excluding hydrogens is 432 g/mol. The molecule has 1 aromatic heterocycles. The number of aryl methyl sites for hydroxylation is 1. The summed E-state index contributed by atoms with van der Waals surface area (Å²) in [6.07, 6.45) is 4.03. The van der Waals surface area contributed by atoms with Gasteiger partial charge in [-0.2, -0.15) is 13.9 Å². The first-order valence-corrected chi connectivity index (χ1v) is 10.6. The van der Waals surface area contributed by atoms with Crippen LogP contribution >= 0.6 is 0 Å². The lowest BCUT2D eigenvalue weighted by molar-refractivity contribution is -0.131. The number of esters is 1. The van der Waals surface area contributed by atoms with Crippen molar-refractivity contribution in [3.05, 3.63) is 72.1 Å². The van der Waals surface area contributed by atoms with Crippen molar-refractivity contribution in [3.63, 3.8) is 0 Å². The van der Waals surface area contributed by atoms with E-state index in [1.54, 1.807) is 35.1 Å². The topological polar surface area (TPSA) is 65.8 Å². The Morgan fingerprint density at radius 1 is 1.12 bits per heavy atom.